The molecule has 0 heterocycles. The maximum atomic E-state index is 2.22. The van der Waals surface area contributed by atoms with Crippen LogP contribution in [0.1, 0.15) is 61.8 Å². The van der Waals surface area contributed by atoms with Crippen LogP contribution in [-0.2, 0) is 21.7 Å². The first-order valence-corrected chi connectivity index (χ1v) is 6.87. The average molecular weight is 361 g/mol. The van der Waals surface area contributed by atoms with Gasteiger partial charge >= 0.3 is 21.7 Å². The summed E-state index contributed by atoms with van der Waals surface area (Å²) in [6.07, 6.45) is 0. The predicted octanol–water partition coefficient (Wildman–Crippen LogP) is -0.320. The molecule has 2 aromatic carbocycles. The average Bonchev–Trinajstić information content (AvgIpc) is 2.87. The van der Waals surface area contributed by atoms with Crippen LogP contribution in [0, 0.1) is 13.8 Å². The Bertz CT molecular complexity index is 423. The van der Waals surface area contributed by atoms with Crippen LogP contribution in [-0.4, -0.2) is 0 Å². The second kappa shape index (κ2) is 12.5. The van der Waals surface area contributed by atoms with Crippen LogP contribution in [0.5, 0.6) is 0 Å². The molecule has 21 heavy (non-hydrogen) atoms. The molecule has 0 spiro atoms. The topological polar surface area (TPSA) is 0 Å². The van der Waals surface area contributed by atoms with Gasteiger partial charge < -0.3 is 24.8 Å². The molecule has 3 heteroatoms. The molecule has 0 fully saturated rings. The Labute approximate surface area is 158 Å². The van der Waals surface area contributed by atoms with Gasteiger partial charge in [0.25, 0.3) is 0 Å². The van der Waals surface area contributed by atoms with E-state index in [9.17, 15) is 0 Å². The molecule has 0 saturated carbocycles. The summed E-state index contributed by atoms with van der Waals surface area (Å²) >= 11 is 0. The van der Waals surface area contributed by atoms with Gasteiger partial charge in [0, 0.05) is 0 Å². The van der Waals surface area contributed by atoms with Crippen molar-refractivity contribution in [1.82, 2.24) is 0 Å². The van der Waals surface area contributed by atoms with E-state index in [-0.39, 0.29) is 46.5 Å². The van der Waals surface area contributed by atoms with Crippen LogP contribution < -0.4 is 24.8 Å². The minimum absolute atomic E-state index is 0. The SMILES string of the molecule is C[c-]1cccc1C(C)C.C[c-]1cccc1C(C)C.[Cl-].[Cl-].[Ti+4]. The van der Waals surface area contributed by atoms with Crippen molar-refractivity contribution in [2.24, 2.45) is 0 Å². The fourth-order valence-electron chi connectivity index (χ4n) is 2.34. The van der Waals surface area contributed by atoms with Crippen LogP contribution in [0.15, 0.2) is 36.4 Å². The number of halogens is 2. The first kappa shape index (κ1) is 25.9. The molecule has 0 amide bonds. The summed E-state index contributed by atoms with van der Waals surface area (Å²) in [6.45, 7) is 13.2. The molecule has 0 aliphatic rings. The van der Waals surface area contributed by atoms with Gasteiger partial charge in [0.05, 0.1) is 0 Å². The van der Waals surface area contributed by atoms with Gasteiger partial charge in [0.1, 0.15) is 0 Å². The van der Waals surface area contributed by atoms with Crippen molar-refractivity contribution in [3.63, 3.8) is 0 Å². The summed E-state index contributed by atoms with van der Waals surface area (Å²) in [5.74, 6) is 1.36. The molecule has 0 unspecified atom stereocenters. The van der Waals surface area contributed by atoms with Crippen LogP contribution in [0.4, 0.5) is 0 Å². The van der Waals surface area contributed by atoms with Crippen molar-refractivity contribution in [2.75, 3.05) is 0 Å². The second-order valence-electron chi connectivity index (χ2n) is 5.64. The molecule has 0 aliphatic heterocycles. The summed E-state index contributed by atoms with van der Waals surface area (Å²) in [5, 5.41) is 0. The molecule has 0 N–H and O–H groups in total. The van der Waals surface area contributed by atoms with Crippen LogP contribution in [0.25, 0.3) is 0 Å². The van der Waals surface area contributed by atoms with E-state index in [2.05, 4.69) is 77.9 Å². The van der Waals surface area contributed by atoms with E-state index in [4.69, 9.17) is 0 Å². The largest absolute Gasteiger partial charge is 4.00 e. The Morgan fingerprint density at radius 3 is 1.10 bits per heavy atom. The van der Waals surface area contributed by atoms with Crippen molar-refractivity contribution in [2.45, 2.75) is 53.4 Å². The van der Waals surface area contributed by atoms with Gasteiger partial charge in [-0.15, -0.1) is 0 Å². The Morgan fingerprint density at radius 2 is 1.00 bits per heavy atom. The molecule has 2 rings (SSSR count). The molecule has 0 aromatic heterocycles. The molecule has 2 aromatic rings. The third-order valence-electron chi connectivity index (χ3n) is 3.40. The minimum Gasteiger partial charge on any atom is -1.00 e. The van der Waals surface area contributed by atoms with E-state index < -0.39 is 0 Å². The maximum Gasteiger partial charge on any atom is 4.00 e. The molecule has 0 radical (unpaired) electrons. The number of hydrogen-bond acceptors (Lipinski definition) is 0. The maximum absolute atomic E-state index is 2.22. The Hall–Kier alpha value is -0.00571. The van der Waals surface area contributed by atoms with Gasteiger partial charge in [-0.3, -0.25) is 0 Å². The molecule has 0 bridgehead atoms. The smallest absolute Gasteiger partial charge is 1.00 e. The zero-order valence-corrected chi connectivity index (χ0v) is 16.9. The van der Waals surface area contributed by atoms with E-state index in [0.29, 0.717) is 11.8 Å². The fourth-order valence-corrected chi connectivity index (χ4v) is 2.34. The van der Waals surface area contributed by atoms with E-state index in [1.54, 1.807) is 0 Å². The monoisotopic (exact) mass is 360 g/mol. The molecular formula is C18H26Cl2Ti. The van der Waals surface area contributed by atoms with E-state index in [0.717, 1.165) is 0 Å². The molecular weight excluding hydrogens is 335 g/mol. The second-order valence-corrected chi connectivity index (χ2v) is 5.64. The predicted molar refractivity (Wildman–Crippen MR) is 81.7 cm³/mol. The van der Waals surface area contributed by atoms with Gasteiger partial charge in [-0.1, -0.05) is 41.5 Å². The van der Waals surface area contributed by atoms with Crippen molar-refractivity contribution < 1.29 is 46.5 Å². The number of rotatable bonds is 2. The first-order chi connectivity index (χ1) is 8.43. The fraction of sp³-hybridized carbons (Fsp3) is 0.444. The minimum atomic E-state index is 0. The molecule has 116 valence electrons. The van der Waals surface area contributed by atoms with Crippen molar-refractivity contribution in [1.29, 1.82) is 0 Å². The Morgan fingerprint density at radius 1 is 0.714 bits per heavy atom. The third kappa shape index (κ3) is 8.26. The van der Waals surface area contributed by atoms with Gasteiger partial charge in [0.15, 0.2) is 0 Å². The zero-order chi connectivity index (χ0) is 13.7. The van der Waals surface area contributed by atoms with Crippen LogP contribution in [0.3, 0.4) is 0 Å². The van der Waals surface area contributed by atoms with Crippen molar-refractivity contribution >= 4 is 0 Å². The normalized spacial score (nSPS) is 9.14. The molecule has 0 atom stereocenters. The first-order valence-electron chi connectivity index (χ1n) is 6.87. The quantitative estimate of drug-likeness (QED) is 0.508. The summed E-state index contributed by atoms with van der Waals surface area (Å²) in [7, 11) is 0. The van der Waals surface area contributed by atoms with Crippen molar-refractivity contribution in [3.05, 3.63) is 58.7 Å². The molecule has 0 nitrogen and oxygen atoms in total. The summed E-state index contributed by atoms with van der Waals surface area (Å²) in [4.78, 5) is 0. The molecule has 0 saturated heterocycles. The summed E-state index contributed by atoms with van der Waals surface area (Å²) < 4.78 is 0. The third-order valence-corrected chi connectivity index (χ3v) is 3.40. The van der Waals surface area contributed by atoms with Crippen LogP contribution in [0.2, 0.25) is 0 Å². The van der Waals surface area contributed by atoms with Gasteiger partial charge in [-0.25, -0.2) is 24.3 Å². The van der Waals surface area contributed by atoms with Gasteiger partial charge in [-0.2, -0.15) is 34.4 Å². The Balaban J connectivity index is -0.000000270. The van der Waals surface area contributed by atoms with E-state index in [1.807, 2.05) is 0 Å². The Kier molecular flexibility index (Phi) is 15.5. The van der Waals surface area contributed by atoms with E-state index in [1.165, 1.54) is 22.3 Å². The number of hydrogen-bond donors (Lipinski definition) is 0. The van der Waals surface area contributed by atoms with Crippen LogP contribution >= 0.6 is 0 Å². The van der Waals surface area contributed by atoms with E-state index >= 15 is 0 Å². The number of aryl methyl sites for hydroxylation is 2. The standard InChI is InChI=1S/2C9H13.2ClH.Ti/c2*1-7(2)9-6-4-5-8(9)3;;;/h2*4-7H,1-3H3;2*1H;/q2*-1;;;+4/p-2. The molecule has 0 aliphatic carbocycles. The zero-order valence-electron chi connectivity index (χ0n) is 13.9. The van der Waals surface area contributed by atoms with Gasteiger partial charge in [-0.05, 0) is 11.8 Å². The van der Waals surface area contributed by atoms with Crippen molar-refractivity contribution in [3.8, 4) is 0 Å². The summed E-state index contributed by atoms with van der Waals surface area (Å²) in [5.41, 5.74) is 5.81. The summed E-state index contributed by atoms with van der Waals surface area (Å²) in [6, 6.07) is 12.9. The van der Waals surface area contributed by atoms with Gasteiger partial charge in [0.2, 0.25) is 0 Å².